The zero-order valence-corrected chi connectivity index (χ0v) is 15.5. The van der Waals surface area contributed by atoms with E-state index in [-0.39, 0.29) is 12.4 Å². The number of nitrogens with one attached hydrogen (secondary N) is 1. The van der Waals surface area contributed by atoms with Gasteiger partial charge >= 0.3 is 0 Å². The monoisotopic (exact) mass is 383 g/mol. The minimum absolute atomic E-state index is 0.0482. The van der Waals surface area contributed by atoms with Crippen LogP contribution in [0.25, 0.3) is 0 Å². The lowest BCUT2D eigenvalue weighted by molar-refractivity contribution is 0.281. The highest BCUT2D eigenvalue weighted by Gasteiger charge is 2.07. The number of aliphatic hydroxyl groups excluding tert-OH is 1. The van der Waals surface area contributed by atoms with Crippen molar-refractivity contribution in [3.05, 3.63) is 41.3 Å². The zero-order valence-electron chi connectivity index (χ0n) is 13.8. The Morgan fingerprint density at radius 3 is 2.68 bits per heavy atom. The van der Waals surface area contributed by atoms with Crippen molar-refractivity contribution in [1.82, 2.24) is 15.0 Å². The van der Waals surface area contributed by atoms with Crippen LogP contribution in [0, 0.1) is 0 Å². The number of primary sulfonamides is 1. The Kier molecular flexibility index (Phi) is 7.12. The van der Waals surface area contributed by atoms with Crippen molar-refractivity contribution in [2.75, 3.05) is 17.3 Å². The van der Waals surface area contributed by atoms with Crippen LogP contribution in [0.5, 0.6) is 0 Å². The quantitative estimate of drug-likeness (QED) is 0.430. The fraction of sp³-hybridized carbons (Fsp3) is 0.400. The molecule has 25 heavy (non-hydrogen) atoms. The van der Waals surface area contributed by atoms with Crippen molar-refractivity contribution in [2.24, 2.45) is 5.14 Å². The molecule has 0 aromatic carbocycles. The third-order valence-electron chi connectivity index (χ3n) is 3.40. The molecular formula is C15H21N5O3S2. The molecule has 0 unspecified atom stereocenters. The van der Waals surface area contributed by atoms with E-state index >= 15 is 0 Å². The maximum absolute atomic E-state index is 10.9. The topological polar surface area (TPSA) is 131 Å². The van der Waals surface area contributed by atoms with E-state index in [2.05, 4.69) is 20.3 Å². The molecule has 0 aliphatic carbocycles. The van der Waals surface area contributed by atoms with Gasteiger partial charge in [0.25, 0.3) is 0 Å². The maximum atomic E-state index is 10.9. The number of hydrogen-bond donors (Lipinski definition) is 3. The van der Waals surface area contributed by atoms with E-state index in [4.69, 9.17) is 5.14 Å². The molecule has 0 aliphatic heterocycles. The van der Waals surface area contributed by atoms with Crippen LogP contribution in [0.1, 0.15) is 23.2 Å². The van der Waals surface area contributed by atoms with Crippen molar-refractivity contribution >= 4 is 27.6 Å². The van der Waals surface area contributed by atoms with Gasteiger partial charge in [0.15, 0.2) is 5.16 Å². The van der Waals surface area contributed by atoms with E-state index < -0.39 is 10.0 Å². The van der Waals surface area contributed by atoms with E-state index in [1.165, 1.54) is 11.8 Å². The first-order chi connectivity index (χ1) is 11.9. The molecule has 4 N–H and O–H groups in total. The summed E-state index contributed by atoms with van der Waals surface area (Å²) in [5.41, 5.74) is 2.39. The largest absolute Gasteiger partial charge is 0.391 e. The first-order valence-corrected chi connectivity index (χ1v) is 10.5. The normalized spacial score (nSPS) is 11.5. The molecule has 0 saturated carbocycles. The lowest BCUT2D eigenvalue weighted by Gasteiger charge is -2.10. The smallest absolute Gasteiger partial charge is 0.209 e. The highest BCUT2D eigenvalue weighted by molar-refractivity contribution is 7.98. The predicted molar refractivity (Wildman–Crippen MR) is 97.6 cm³/mol. The summed E-state index contributed by atoms with van der Waals surface area (Å²) in [7, 11) is -3.43. The van der Waals surface area contributed by atoms with Gasteiger partial charge in [0.1, 0.15) is 5.82 Å². The van der Waals surface area contributed by atoms with Crippen molar-refractivity contribution in [3.8, 4) is 0 Å². The Bertz CT molecular complexity index is 797. The molecule has 0 spiro atoms. The number of sulfonamides is 1. The number of hydrogen-bond acceptors (Lipinski definition) is 8. The number of aliphatic hydroxyl groups is 1. The second kappa shape index (κ2) is 9.09. The maximum Gasteiger partial charge on any atom is 0.209 e. The van der Waals surface area contributed by atoms with E-state index in [1.807, 2.05) is 18.4 Å². The summed E-state index contributed by atoms with van der Waals surface area (Å²) in [5, 5.41) is 18.1. The number of thioether (sulfide) groups is 1. The average molecular weight is 383 g/mol. The first kappa shape index (κ1) is 19.6. The summed E-state index contributed by atoms with van der Waals surface area (Å²) < 4.78 is 21.8. The third kappa shape index (κ3) is 6.58. The van der Waals surface area contributed by atoms with E-state index in [1.54, 1.807) is 12.4 Å². The molecular weight excluding hydrogens is 362 g/mol. The highest BCUT2D eigenvalue weighted by atomic mass is 32.2. The molecule has 2 rings (SSSR count). The third-order valence-corrected chi connectivity index (χ3v) is 4.82. The van der Waals surface area contributed by atoms with Crippen LogP contribution in [-0.2, 0) is 29.6 Å². The second-order valence-electron chi connectivity index (χ2n) is 5.37. The number of nitrogens with zero attached hydrogens (tertiary/aromatic N) is 3. The van der Waals surface area contributed by atoms with E-state index in [0.717, 1.165) is 11.3 Å². The molecule has 136 valence electrons. The van der Waals surface area contributed by atoms with Gasteiger partial charge in [-0.1, -0.05) is 17.8 Å². The molecule has 0 aliphatic rings. The summed E-state index contributed by atoms with van der Waals surface area (Å²) in [6, 6.07) is 3.78. The number of aromatic nitrogens is 3. The summed E-state index contributed by atoms with van der Waals surface area (Å²) in [4.78, 5) is 12.8. The van der Waals surface area contributed by atoms with Crippen molar-refractivity contribution in [3.63, 3.8) is 0 Å². The van der Waals surface area contributed by atoms with Crippen molar-refractivity contribution in [2.45, 2.75) is 31.1 Å². The zero-order chi connectivity index (χ0) is 18.3. The van der Waals surface area contributed by atoms with Crippen LogP contribution in [0.2, 0.25) is 0 Å². The fourth-order valence-corrected chi connectivity index (χ4v) is 2.99. The number of pyridine rings is 1. The van der Waals surface area contributed by atoms with Crippen LogP contribution in [0.15, 0.2) is 29.7 Å². The average Bonchev–Trinajstić information content (AvgIpc) is 2.59. The van der Waals surface area contributed by atoms with Gasteiger partial charge < -0.3 is 10.4 Å². The number of nitrogens with two attached hydrogens (primary N) is 1. The fourth-order valence-electron chi connectivity index (χ4n) is 2.11. The molecule has 0 fully saturated rings. The van der Waals surface area contributed by atoms with Crippen LogP contribution < -0.4 is 10.5 Å². The molecule has 2 aromatic heterocycles. The van der Waals surface area contributed by atoms with Crippen molar-refractivity contribution in [1.29, 1.82) is 0 Å². The Morgan fingerprint density at radius 1 is 1.28 bits per heavy atom. The standard InChI is InChI=1S/C15H21N5O3S2/c1-24-15-19-9-12(10-21)14(20-15)18-8-11-4-5-13(17-7-11)3-2-6-25(16,22)23/h4-5,7,9,21H,2-3,6,8,10H2,1H3,(H2,16,22,23)(H,18,19,20). The molecule has 0 bridgehead atoms. The summed E-state index contributed by atoms with van der Waals surface area (Å²) >= 11 is 1.43. The van der Waals surface area contributed by atoms with Crippen LogP contribution >= 0.6 is 11.8 Å². The van der Waals surface area contributed by atoms with Gasteiger partial charge in [-0.05, 0) is 30.7 Å². The van der Waals surface area contributed by atoms with Gasteiger partial charge in [0.05, 0.1) is 12.4 Å². The molecule has 0 radical (unpaired) electrons. The molecule has 0 amide bonds. The Hall–Kier alpha value is -1.75. The van der Waals surface area contributed by atoms with E-state index in [0.29, 0.717) is 35.9 Å². The Balaban J connectivity index is 1.93. The van der Waals surface area contributed by atoms with Gasteiger partial charge in [-0.2, -0.15) is 0 Å². The van der Waals surface area contributed by atoms with Crippen LogP contribution in [0.4, 0.5) is 5.82 Å². The van der Waals surface area contributed by atoms with Gasteiger partial charge in [-0.3, -0.25) is 4.98 Å². The van der Waals surface area contributed by atoms with Gasteiger partial charge in [0.2, 0.25) is 10.0 Å². The minimum atomic E-state index is -3.43. The van der Waals surface area contributed by atoms with Gasteiger partial charge in [0, 0.05) is 30.2 Å². The molecule has 2 heterocycles. The lowest BCUT2D eigenvalue weighted by Crippen LogP contribution is -2.16. The number of rotatable bonds is 9. The van der Waals surface area contributed by atoms with Gasteiger partial charge in [-0.15, -0.1) is 0 Å². The first-order valence-electron chi connectivity index (χ1n) is 7.60. The molecule has 10 heteroatoms. The summed E-state index contributed by atoms with van der Waals surface area (Å²) in [5.74, 6) is 0.548. The van der Waals surface area contributed by atoms with Gasteiger partial charge in [-0.25, -0.2) is 23.5 Å². The van der Waals surface area contributed by atoms with Crippen LogP contribution in [-0.4, -0.2) is 40.5 Å². The van der Waals surface area contributed by atoms with Crippen LogP contribution in [0.3, 0.4) is 0 Å². The molecule has 8 nitrogen and oxygen atoms in total. The Labute approximate surface area is 151 Å². The number of aryl methyl sites for hydroxylation is 1. The second-order valence-corrected chi connectivity index (χ2v) is 7.88. The lowest BCUT2D eigenvalue weighted by atomic mass is 10.2. The Morgan fingerprint density at radius 2 is 2.08 bits per heavy atom. The van der Waals surface area contributed by atoms with E-state index in [9.17, 15) is 13.5 Å². The minimum Gasteiger partial charge on any atom is -0.391 e. The summed E-state index contributed by atoms with van der Waals surface area (Å²) in [6.45, 7) is 0.362. The SMILES string of the molecule is CSc1ncc(CO)c(NCc2ccc(CCCS(N)(=O)=O)nc2)n1. The molecule has 0 saturated heterocycles. The van der Waals surface area contributed by atoms with Crippen molar-refractivity contribution < 1.29 is 13.5 Å². The molecule has 0 atom stereocenters. The highest BCUT2D eigenvalue weighted by Crippen LogP contribution is 2.17. The summed E-state index contributed by atoms with van der Waals surface area (Å²) in [6.07, 6.45) is 6.22. The number of anilines is 1. The molecule has 2 aromatic rings. The predicted octanol–water partition coefficient (Wildman–Crippen LogP) is 0.919.